The van der Waals surface area contributed by atoms with Crippen molar-refractivity contribution in [2.45, 2.75) is 66.2 Å². The minimum Gasteiger partial charge on any atom is -0.392 e. The zero-order valence-corrected chi connectivity index (χ0v) is 14.7. The van der Waals surface area contributed by atoms with Gasteiger partial charge in [-0.1, -0.05) is 31.6 Å². The molecular formula is C20H32O2. The van der Waals surface area contributed by atoms with Crippen molar-refractivity contribution in [1.82, 2.24) is 0 Å². The molecule has 0 aromatic carbocycles. The minimum absolute atomic E-state index is 0.164. The molecule has 0 bridgehead atoms. The standard InChI is InChI=1S/C20H32O2/c1-14(13-21)6-5-7-15(2)18-9-8-17(4)20(18)11-10-16(3)19(22)12-20/h6,10,15,17-18,21H,5,7-9,11-13H2,1-4H3/b14-6-/t15-,17-,18+,20-/m0/s1. The molecule has 124 valence electrons. The largest absolute Gasteiger partial charge is 0.392 e. The van der Waals surface area contributed by atoms with E-state index in [1.807, 2.05) is 13.8 Å². The normalized spacial score (nSPS) is 34.1. The van der Waals surface area contributed by atoms with Gasteiger partial charge in [0.1, 0.15) is 0 Å². The second kappa shape index (κ2) is 7.12. The van der Waals surface area contributed by atoms with Gasteiger partial charge in [0.25, 0.3) is 0 Å². The number of Topliss-reactive ketones (excluding diaryl/α,β-unsaturated/α-hetero) is 1. The second-order valence-corrected chi connectivity index (χ2v) is 7.77. The molecule has 1 saturated carbocycles. The van der Waals surface area contributed by atoms with Crippen molar-refractivity contribution in [3.63, 3.8) is 0 Å². The zero-order chi connectivity index (χ0) is 16.3. The van der Waals surface area contributed by atoms with Crippen LogP contribution in [0.4, 0.5) is 0 Å². The maximum atomic E-state index is 12.3. The van der Waals surface area contributed by atoms with E-state index in [-0.39, 0.29) is 12.0 Å². The van der Waals surface area contributed by atoms with E-state index in [4.69, 9.17) is 5.11 Å². The fraction of sp³-hybridized carbons (Fsp3) is 0.750. The van der Waals surface area contributed by atoms with Crippen LogP contribution in [0.25, 0.3) is 0 Å². The highest BCUT2D eigenvalue weighted by atomic mass is 16.3. The van der Waals surface area contributed by atoms with E-state index in [1.165, 1.54) is 12.8 Å². The van der Waals surface area contributed by atoms with Crippen molar-refractivity contribution in [2.24, 2.45) is 23.2 Å². The van der Waals surface area contributed by atoms with Gasteiger partial charge in [-0.2, -0.15) is 0 Å². The summed E-state index contributed by atoms with van der Waals surface area (Å²) in [6.07, 6.45) is 10.9. The third-order valence-corrected chi connectivity index (χ3v) is 6.40. The summed E-state index contributed by atoms with van der Waals surface area (Å²) in [6.45, 7) is 8.83. The molecule has 0 radical (unpaired) electrons. The first-order valence-corrected chi connectivity index (χ1v) is 8.87. The third kappa shape index (κ3) is 3.37. The smallest absolute Gasteiger partial charge is 0.158 e. The lowest BCUT2D eigenvalue weighted by Crippen LogP contribution is -2.38. The minimum atomic E-state index is 0.164. The quantitative estimate of drug-likeness (QED) is 0.749. The van der Waals surface area contributed by atoms with Crippen molar-refractivity contribution in [3.8, 4) is 0 Å². The molecule has 0 heterocycles. The first-order valence-electron chi connectivity index (χ1n) is 8.87. The van der Waals surface area contributed by atoms with Gasteiger partial charge in [0, 0.05) is 6.42 Å². The van der Waals surface area contributed by atoms with Crippen molar-refractivity contribution in [1.29, 1.82) is 0 Å². The number of allylic oxidation sites excluding steroid dienone is 3. The molecule has 1 fully saturated rings. The lowest BCUT2D eigenvalue weighted by atomic mass is 9.60. The molecule has 0 aliphatic heterocycles. The van der Waals surface area contributed by atoms with Crippen molar-refractivity contribution in [3.05, 3.63) is 23.3 Å². The average molecular weight is 304 g/mol. The Hall–Kier alpha value is -0.890. The van der Waals surface area contributed by atoms with Crippen LogP contribution in [0.2, 0.25) is 0 Å². The Morgan fingerprint density at radius 2 is 2.23 bits per heavy atom. The number of aliphatic hydroxyl groups is 1. The van der Waals surface area contributed by atoms with Gasteiger partial charge in [-0.3, -0.25) is 4.79 Å². The lowest BCUT2D eigenvalue weighted by molar-refractivity contribution is -0.120. The van der Waals surface area contributed by atoms with Crippen LogP contribution in [0.3, 0.4) is 0 Å². The number of hydrogen-bond acceptors (Lipinski definition) is 2. The summed E-state index contributed by atoms with van der Waals surface area (Å²) < 4.78 is 0. The van der Waals surface area contributed by atoms with E-state index in [0.29, 0.717) is 23.5 Å². The molecule has 4 atom stereocenters. The summed E-state index contributed by atoms with van der Waals surface area (Å²) in [4.78, 5) is 12.3. The van der Waals surface area contributed by atoms with Crippen LogP contribution in [-0.2, 0) is 4.79 Å². The number of carbonyl (C=O) groups excluding carboxylic acids is 1. The van der Waals surface area contributed by atoms with Crippen LogP contribution >= 0.6 is 0 Å². The van der Waals surface area contributed by atoms with Gasteiger partial charge < -0.3 is 5.11 Å². The summed E-state index contributed by atoms with van der Waals surface area (Å²) in [6, 6.07) is 0. The number of ketones is 1. The Kier molecular flexibility index (Phi) is 5.65. The highest BCUT2D eigenvalue weighted by Crippen LogP contribution is 2.57. The summed E-state index contributed by atoms with van der Waals surface area (Å²) >= 11 is 0. The van der Waals surface area contributed by atoms with Crippen molar-refractivity contribution in [2.75, 3.05) is 6.61 Å². The van der Waals surface area contributed by atoms with Crippen LogP contribution in [0.15, 0.2) is 23.3 Å². The van der Waals surface area contributed by atoms with Gasteiger partial charge in [0.15, 0.2) is 5.78 Å². The molecule has 2 nitrogen and oxygen atoms in total. The molecule has 0 aromatic heterocycles. The Morgan fingerprint density at radius 3 is 2.86 bits per heavy atom. The first kappa shape index (κ1) is 17.5. The molecule has 2 aliphatic rings. The van der Waals surface area contributed by atoms with Gasteiger partial charge in [-0.15, -0.1) is 0 Å². The maximum Gasteiger partial charge on any atom is 0.158 e. The zero-order valence-electron chi connectivity index (χ0n) is 14.7. The van der Waals surface area contributed by atoms with Crippen molar-refractivity contribution >= 4 is 5.78 Å². The highest BCUT2D eigenvalue weighted by molar-refractivity contribution is 5.96. The number of rotatable bonds is 5. The molecule has 2 rings (SSSR count). The van der Waals surface area contributed by atoms with Gasteiger partial charge in [-0.05, 0) is 74.7 Å². The molecule has 1 N–H and O–H groups in total. The van der Waals surface area contributed by atoms with Crippen LogP contribution in [-0.4, -0.2) is 17.5 Å². The van der Waals surface area contributed by atoms with E-state index in [2.05, 4.69) is 26.0 Å². The first-order chi connectivity index (χ1) is 10.4. The molecular weight excluding hydrogens is 272 g/mol. The molecule has 1 spiro atoms. The molecule has 0 saturated heterocycles. The monoisotopic (exact) mass is 304 g/mol. The predicted molar refractivity (Wildman–Crippen MR) is 91.6 cm³/mol. The van der Waals surface area contributed by atoms with E-state index in [9.17, 15) is 4.79 Å². The Balaban J connectivity index is 2.08. The summed E-state index contributed by atoms with van der Waals surface area (Å²) in [7, 11) is 0. The van der Waals surface area contributed by atoms with E-state index in [0.717, 1.165) is 36.8 Å². The van der Waals surface area contributed by atoms with Gasteiger partial charge in [0.2, 0.25) is 0 Å². The van der Waals surface area contributed by atoms with E-state index >= 15 is 0 Å². The topological polar surface area (TPSA) is 37.3 Å². The maximum absolute atomic E-state index is 12.3. The average Bonchev–Trinajstić information content (AvgIpc) is 2.80. The SMILES string of the molecule is CC1=CC[C@@]2(CC1=O)[C@@H]([C@@H](C)CC/C=C(/C)CO)CC[C@@H]2C. The third-order valence-electron chi connectivity index (χ3n) is 6.40. The van der Waals surface area contributed by atoms with Gasteiger partial charge >= 0.3 is 0 Å². The van der Waals surface area contributed by atoms with Crippen LogP contribution in [0.1, 0.15) is 66.2 Å². The molecule has 2 heteroatoms. The van der Waals surface area contributed by atoms with E-state index < -0.39 is 0 Å². The lowest BCUT2D eigenvalue weighted by Gasteiger charge is -2.43. The molecule has 2 aliphatic carbocycles. The van der Waals surface area contributed by atoms with Crippen LogP contribution < -0.4 is 0 Å². The van der Waals surface area contributed by atoms with E-state index in [1.54, 1.807) is 0 Å². The molecule has 0 amide bonds. The van der Waals surface area contributed by atoms with Crippen LogP contribution in [0.5, 0.6) is 0 Å². The summed E-state index contributed by atoms with van der Waals surface area (Å²) in [5, 5.41) is 9.09. The highest BCUT2D eigenvalue weighted by Gasteiger charge is 2.51. The number of carbonyl (C=O) groups is 1. The molecule has 0 unspecified atom stereocenters. The van der Waals surface area contributed by atoms with Gasteiger partial charge in [0.05, 0.1) is 6.61 Å². The Labute approximate surface area is 135 Å². The number of aliphatic hydroxyl groups excluding tert-OH is 1. The molecule has 22 heavy (non-hydrogen) atoms. The fourth-order valence-electron chi connectivity index (χ4n) is 4.70. The predicted octanol–water partition coefficient (Wildman–Crippen LogP) is 4.68. The van der Waals surface area contributed by atoms with Crippen LogP contribution in [0, 0.1) is 23.2 Å². The molecule has 0 aromatic rings. The summed E-state index contributed by atoms with van der Waals surface area (Å²) in [5.74, 6) is 2.34. The summed E-state index contributed by atoms with van der Waals surface area (Å²) in [5.41, 5.74) is 2.25. The second-order valence-electron chi connectivity index (χ2n) is 7.77. The van der Waals surface area contributed by atoms with Gasteiger partial charge in [-0.25, -0.2) is 0 Å². The Bertz CT molecular complexity index is 474. The number of hydrogen-bond donors (Lipinski definition) is 1. The fourth-order valence-corrected chi connectivity index (χ4v) is 4.70. The Morgan fingerprint density at radius 1 is 1.50 bits per heavy atom. The van der Waals surface area contributed by atoms with Crippen molar-refractivity contribution < 1.29 is 9.90 Å².